The molecule has 2 aromatic carbocycles. The largest absolute Gasteiger partial charge is 0.467 e. The molecular formula is C30H38N4O6. The summed E-state index contributed by atoms with van der Waals surface area (Å²) in [6, 6.07) is 14.0. The van der Waals surface area contributed by atoms with E-state index in [0.29, 0.717) is 0 Å². The summed E-state index contributed by atoms with van der Waals surface area (Å²) in [5.41, 5.74) is 2.57. The van der Waals surface area contributed by atoms with Crippen LogP contribution in [0, 0.1) is 11.8 Å². The van der Waals surface area contributed by atoms with Crippen molar-refractivity contribution in [3.05, 3.63) is 71.9 Å². The maximum atomic E-state index is 13.4. The van der Waals surface area contributed by atoms with E-state index in [4.69, 9.17) is 9.47 Å². The minimum absolute atomic E-state index is 0.0570. The monoisotopic (exact) mass is 550 g/mol. The molecule has 0 aliphatic rings. The molecule has 214 valence electrons. The first-order valence-electron chi connectivity index (χ1n) is 13.3. The molecule has 0 radical (unpaired) electrons. The van der Waals surface area contributed by atoms with Crippen LogP contribution in [0.1, 0.15) is 38.8 Å². The molecule has 0 fully saturated rings. The summed E-state index contributed by atoms with van der Waals surface area (Å²) >= 11 is 0. The third kappa shape index (κ3) is 8.08. The van der Waals surface area contributed by atoms with Gasteiger partial charge in [-0.1, -0.05) is 76.2 Å². The van der Waals surface area contributed by atoms with Crippen molar-refractivity contribution in [2.24, 2.45) is 11.8 Å². The molecule has 1 heterocycles. The molecule has 0 bridgehead atoms. The van der Waals surface area contributed by atoms with Gasteiger partial charge >= 0.3 is 12.1 Å². The van der Waals surface area contributed by atoms with Gasteiger partial charge in [0, 0.05) is 23.5 Å². The average molecular weight is 551 g/mol. The lowest BCUT2D eigenvalue weighted by Crippen LogP contribution is -2.58. The Bertz CT molecular complexity index is 1300. The highest BCUT2D eigenvalue weighted by molar-refractivity contribution is 5.93. The highest BCUT2D eigenvalue weighted by Crippen LogP contribution is 2.19. The Labute approximate surface area is 234 Å². The fourth-order valence-electron chi connectivity index (χ4n) is 4.32. The van der Waals surface area contributed by atoms with Gasteiger partial charge < -0.3 is 30.4 Å². The van der Waals surface area contributed by atoms with Crippen LogP contribution in [0.25, 0.3) is 10.9 Å². The summed E-state index contributed by atoms with van der Waals surface area (Å²) in [6.45, 7) is 7.18. The normalized spacial score (nSPS) is 13.4. The number of hydrogen-bond donors (Lipinski definition) is 4. The first-order chi connectivity index (χ1) is 19.1. The second kappa shape index (κ2) is 14.2. The Morgan fingerprint density at radius 3 is 2.05 bits per heavy atom. The summed E-state index contributed by atoms with van der Waals surface area (Å²) in [5, 5.41) is 9.04. The Balaban J connectivity index is 1.67. The number of hydrogen-bond acceptors (Lipinski definition) is 6. The first-order valence-corrected chi connectivity index (χ1v) is 13.3. The molecule has 0 saturated carbocycles. The zero-order valence-corrected chi connectivity index (χ0v) is 23.5. The molecule has 3 aromatic rings. The van der Waals surface area contributed by atoms with Crippen LogP contribution in [0.5, 0.6) is 0 Å². The van der Waals surface area contributed by atoms with E-state index in [2.05, 4.69) is 20.9 Å². The number of amides is 3. The highest BCUT2D eigenvalue weighted by Gasteiger charge is 2.33. The number of carbonyl (C=O) groups is 4. The van der Waals surface area contributed by atoms with Crippen molar-refractivity contribution in [1.29, 1.82) is 0 Å². The molecule has 0 unspecified atom stereocenters. The number of esters is 1. The van der Waals surface area contributed by atoms with Gasteiger partial charge in [0.05, 0.1) is 7.11 Å². The number of carbonyl (C=O) groups excluding carboxylic acids is 4. The number of aromatic nitrogens is 1. The number of alkyl carbamates (subject to hydrolysis) is 1. The van der Waals surface area contributed by atoms with Gasteiger partial charge in [0.2, 0.25) is 11.8 Å². The van der Waals surface area contributed by atoms with Crippen LogP contribution in [0.15, 0.2) is 60.8 Å². The van der Waals surface area contributed by atoms with Gasteiger partial charge in [-0.3, -0.25) is 9.59 Å². The highest BCUT2D eigenvalue weighted by atomic mass is 16.5. The maximum absolute atomic E-state index is 13.4. The first kappa shape index (κ1) is 30.2. The van der Waals surface area contributed by atoms with Crippen LogP contribution >= 0.6 is 0 Å². The summed E-state index contributed by atoms with van der Waals surface area (Å²) in [6.07, 6.45) is 1.25. The summed E-state index contributed by atoms with van der Waals surface area (Å²) < 4.78 is 10.2. The number of fused-ring (bicyclic) bond motifs is 1. The van der Waals surface area contributed by atoms with Crippen molar-refractivity contribution in [1.82, 2.24) is 20.9 Å². The lowest BCUT2D eigenvalue weighted by atomic mass is 9.99. The average Bonchev–Trinajstić information content (AvgIpc) is 3.35. The standard InChI is InChI=1S/C30H38N4O6/c1-18(2)25(33-28(36)26(19(3)4)34-30(38)40-17-20-11-7-6-8-12-20)27(35)32-24(29(37)39-5)15-21-16-31-23-14-10-9-13-22(21)23/h6-14,16,18-19,24-26,31H,15,17H2,1-5H3,(H,32,35)(H,33,36)(H,34,38)/t24-,25-,26-/m0/s1. The molecule has 0 aliphatic heterocycles. The van der Waals surface area contributed by atoms with Crippen molar-refractivity contribution in [3.8, 4) is 0 Å². The van der Waals surface area contributed by atoms with Crippen LogP contribution in [0.2, 0.25) is 0 Å². The molecule has 0 spiro atoms. The van der Waals surface area contributed by atoms with E-state index in [9.17, 15) is 19.2 Å². The van der Waals surface area contributed by atoms with Crippen molar-refractivity contribution in [2.45, 2.75) is 58.8 Å². The molecule has 10 heteroatoms. The minimum Gasteiger partial charge on any atom is -0.467 e. The summed E-state index contributed by atoms with van der Waals surface area (Å²) in [5.74, 6) is -2.27. The van der Waals surface area contributed by atoms with E-state index in [0.717, 1.165) is 22.0 Å². The van der Waals surface area contributed by atoms with Crippen LogP contribution in [-0.4, -0.2) is 54.1 Å². The second-order valence-electron chi connectivity index (χ2n) is 10.3. The third-order valence-corrected chi connectivity index (χ3v) is 6.58. The van der Waals surface area contributed by atoms with Gasteiger partial charge in [-0.25, -0.2) is 9.59 Å². The molecule has 10 nitrogen and oxygen atoms in total. The van der Waals surface area contributed by atoms with Crippen LogP contribution in [0.3, 0.4) is 0 Å². The lowest BCUT2D eigenvalue weighted by Gasteiger charge is -2.28. The summed E-state index contributed by atoms with van der Waals surface area (Å²) in [7, 11) is 1.26. The van der Waals surface area contributed by atoms with Gasteiger partial charge in [-0.2, -0.15) is 0 Å². The van der Waals surface area contributed by atoms with E-state index in [1.165, 1.54) is 7.11 Å². The molecule has 40 heavy (non-hydrogen) atoms. The zero-order chi connectivity index (χ0) is 29.2. The van der Waals surface area contributed by atoms with E-state index in [-0.39, 0.29) is 24.9 Å². The number of aromatic amines is 1. The number of rotatable bonds is 12. The van der Waals surface area contributed by atoms with Crippen LogP contribution in [0.4, 0.5) is 4.79 Å². The molecule has 1 aromatic heterocycles. The Hall–Kier alpha value is -4.34. The van der Waals surface area contributed by atoms with E-state index < -0.39 is 42.0 Å². The smallest absolute Gasteiger partial charge is 0.408 e. The van der Waals surface area contributed by atoms with Gasteiger partial charge in [-0.05, 0) is 29.0 Å². The predicted molar refractivity (Wildman–Crippen MR) is 151 cm³/mol. The van der Waals surface area contributed by atoms with Gasteiger partial charge in [0.1, 0.15) is 24.7 Å². The van der Waals surface area contributed by atoms with Gasteiger partial charge in [-0.15, -0.1) is 0 Å². The van der Waals surface area contributed by atoms with Crippen molar-refractivity contribution in [2.75, 3.05) is 7.11 Å². The SMILES string of the molecule is COC(=O)[C@H](Cc1c[nH]c2ccccc12)NC(=O)[C@@H](NC(=O)[C@@H](NC(=O)OCc1ccccc1)C(C)C)C(C)C. The third-order valence-electron chi connectivity index (χ3n) is 6.58. The minimum atomic E-state index is -0.971. The maximum Gasteiger partial charge on any atom is 0.408 e. The molecule has 0 saturated heterocycles. The number of para-hydroxylation sites is 1. The van der Waals surface area contributed by atoms with Crippen molar-refractivity contribution < 1.29 is 28.7 Å². The fourth-order valence-corrected chi connectivity index (χ4v) is 4.32. The molecule has 3 rings (SSSR count). The lowest BCUT2D eigenvalue weighted by molar-refractivity contribution is -0.145. The molecule has 0 aliphatic carbocycles. The van der Waals surface area contributed by atoms with Gasteiger partial charge in [0.15, 0.2) is 0 Å². The second-order valence-corrected chi connectivity index (χ2v) is 10.3. The molecule has 4 N–H and O–H groups in total. The molecular weight excluding hydrogens is 512 g/mol. The van der Waals surface area contributed by atoms with Crippen LogP contribution in [-0.2, 0) is 36.9 Å². The number of ether oxygens (including phenoxy) is 2. The number of methoxy groups -OCH3 is 1. The van der Waals surface area contributed by atoms with Crippen molar-refractivity contribution >= 4 is 34.8 Å². The quantitative estimate of drug-likeness (QED) is 0.255. The summed E-state index contributed by atoms with van der Waals surface area (Å²) in [4.78, 5) is 54.8. The van der Waals surface area contributed by atoms with E-state index >= 15 is 0 Å². The number of H-pyrrole nitrogens is 1. The van der Waals surface area contributed by atoms with Crippen LogP contribution < -0.4 is 16.0 Å². The van der Waals surface area contributed by atoms with Crippen molar-refractivity contribution in [3.63, 3.8) is 0 Å². The Morgan fingerprint density at radius 1 is 0.800 bits per heavy atom. The van der Waals surface area contributed by atoms with E-state index in [1.54, 1.807) is 33.9 Å². The molecule has 3 atom stereocenters. The van der Waals surface area contributed by atoms with E-state index in [1.807, 2.05) is 54.6 Å². The van der Waals surface area contributed by atoms with Gasteiger partial charge in [0.25, 0.3) is 0 Å². The Kier molecular flexibility index (Phi) is 10.7. The number of benzene rings is 2. The topological polar surface area (TPSA) is 139 Å². The zero-order valence-electron chi connectivity index (χ0n) is 23.5. The molecule has 3 amide bonds. The fraction of sp³-hybridized carbons (Fsp3) is 0.400. The predicted octanol–water partition coefficient (Wildman–Crippen LogP) is 3.46. The number of nitrogens with one attached hydrogen (secondary N) is 4. The Morgan fingerprint density at radius 2 is 1.40 bits per heavy atom.